The Morgan fingerprint density at radius 2 is 2.17 bits per heavy atom. The largest absolute Gasteiger partial charge is 0.355 e. The minimum absolute atomic E-state index is 0.0536. The van der Waals surface area contributed by atoms with E-state index in [0.29, 0.717) is 24.5 Å². The predicted octanol–water partition coefficient (Wildman–Crippen LogP) is 2.45. The van der Waals surface area contributed by atoms with Gasteiger partial charge in [0.05, 0.1) is 5.92 Å². The number of halogens is 1. The zero-order valence-corrected chi connectivity index (χ0v) is 13.9. The number of rotatable bonds is 5. The van der Waals surface area contributed by atoms with Gasteiger partial charge in [0.25, 0.3) is 0 Å². The lowest BCUT2D eigenvalue weighted by Crippen LogP contribution is -2.34. The third-order valence-corrected chi connectivity index (χ3v) is 4.26. The van der Waals surface area contributed by atoms with Crippen molar-refractivity contribution in [1.29, 1.82) is 0 Å². The van der Waals surface area contributed by atoms with Crippen molar-refractivity contribution in [2.45, 2.75) is 12.8 Å². The van der Waals surface area contributed by atoms with Gasteiger partial charge in [-0.2, -0.15) is 0 Å². The van der Waals surface area contributed by atoms with Crippen molar-refractivity contribution in [1.82, 2.24) is 10.3 Å². The summed E-state index contributed by atoms with van der Waals surface area (Å²) >= 11 is 5.97. The zero-order chi connectivity index (χ0) is 16.9. The molecule has 0 radical (unpaired) electrons. The van der Waals surface area contributed by atoms with Gasteiger partial charge in [-0.05, 0) is 30.3 Å². The van der Waals surface area contributed by atoms with E-state index < -0.39 is 0 Å². The number of hydrogen-bond donors (Lipinski definition) is 1. The lowest BCUT2D eigenvalue weighted by molar-refractivity contribution is -0.126. The highest BCUT2D eigenvalue weighted by molar-refractivity contribution is 6.30. The molecule has 2 aromatic rings. The number of anilines is 1. The van der Waals surface area contributed by atoms with Gasteiger partial charge in [-0.15, -0.1) is 0 Å². The molecule has 24 heavy (non-hydrogen) atoms. The Bertz CT molecular complexity index is 736. The molecule has 1 aromatic heterocycles. The summed E-state index contributed by atoms with van der Waals surface area (Å²) < 4.78 is 0. The van der Waals surface area contributed by atoms with Crippen LogP contribution in [0.4, 0.5) is 5.69 Å². The van der Waals surface area contributed by atoms with Crippen molar-refractivity contribution in [2.24, 2.45) is 5.92 Å². The molecule has 1 saturated heterocycles. The molecule has 2 heterocycles. The third kappa shape index (κ3) is 3.92. The maximum absolute atomic E-state index is 12.3. The van der Waals surface area contributed by atoms with Crippen LogP contribution in [0.15, 0.2) is 48.7 Å². The molecular formula is C18H18ClN3O2. The van der Waals surface area contributed by atoms with Crippen LogP contribution in [0.25, 0.3) is 0 Å². The van der Waals surface area contributed by atoms with Crippen molar-refractivity contribution in [2.75, 3.05) is 18.0 Å². The predicted molar refractivity (Wildman–Crippen MR) is 92.9 cm³/mol. The summed E-state index contributed by atoms with van der Waals surface area (Å²) in [6, 6.07) is 12.8. The Morgan fingerprint density at radius 3 is 2.92 bits per heavy atom. The third-order valence-electron chi connectivity index (χ3n) is 4.02. The van der Waals surface area contributed by atoms with Crippen molar-refractivity contribution in [3.8, 4) is 0 Å². The highest BCUT2D eigenvalue weighted by Crippen LogP contribution is 2.27. The molecule has 0 aliphatic carbocycles. The lowest BCUT2D eigenvalue weighted by atomic mass is 10.1. The highest BCUT2D eigenvalue weighted by atomic mass is 35.5. The monoisotopic (exact) mass is 343 g/mol. The van der Waals surface area contributed by atoms with E-state index in [1.807, 2.05) is 24.3 Å². The van der Waals surface area contributed by atoms with Gasteiger partial charge in [-0.3, -0.25) is 14.6 Å². The molecule has 1 N–H and O–H groups in total. The van der Waals surface area contributed by atoms with Gasteiger partial charge in [0.1, 0.15) is 0 Å². The molecule has 1 atom stereocenters. The smallest absolute Gasteiger partial charge is 0.227 e. The van der Waals surface area contributed by atoms with Gasteiger partial charge in [-0.1, -0.05) is 23.7 Å². The molecule has 6 heteroatoms. The molecule has 3 rings (SSSR count). The standard InChI is InChI=1S/C18H18ClN3O2/c19-14-4-3-6-16(11-14)22-12-13(10-17(22)23)18(24)21-9-7-15-5-1-2-8-20-15/h1-6,8,11,13H,7,9-10,12H2,(H,21,24)/t13-/m1/s1. The molecule has 2 amide bonds. The Labute approximate surface area is 145 Å². The van der Waals surface area contributed by atoms with Gasteiger partial charge in [-0.25, -0.2) is 0 Å². The second-order valence-corrected chi connectivity index (χ2v) is 6.18. The van der Waals surface area contributed by atoms with E-state index >= 15 is 0 Å². The molecule has 1 aromatic carbocycles. The van der Waals surface area contributed by atoms with Gasteiger partial charge in [0.15, 0.2) is 0 Å². The van der Waals surface area contributed by atoms with Crippen LogP contribution in [0.5, 0.6) is 0 Å². The van der Waals surface area contributed by atoms with Gasteiger partial charge in [0, 0.05) is 48.5 Å². The molecule has 5 nitrogen and oxygen atoms in total. The maximum Gasteiger partial charge on any atom is 0.227 e. The highest BCUT2D eigenvalue weighted by Gasteiger charge is 2.34. The number of aromatic nitrogens is 1. The average Bonchev–Trinajstić information content (AvgIpc) is 2.98. The van der Waals surface area contributed by atoms with E-state index in [-0.39, 0.29) is 24.2 Å². The molecular weight excluding hydrogens is 326 g/mol. The Balaban J connectivity index is 1.54. The first-order valence-corrected chi connectivity index (χ1v) is 8.25. The summed E-state index contributed by atoms with van der Waals surface area (Å²) in [5.74, 6) is -0.480. The van der Waals surface area contributed by atoms with E-state index in [1.165, 1.54) is 0 Å². The van der Waals surface area contributed by atoms with Gasteiger partial charge in [0.2, 0.25) is 11.8 Å². The number of carbonyl (C=O) groups excluding carboxylic acids is 2. The second kappa shape index (κ2) is 7.45. The summed E-state index contributed by atoms with van der Waals surface area (Å²) in [6.07, 6.45) is 2.63. The lowest BCUT2D eigenvalue weighted by Gasteiger charge is -2.17. The van der Waals surface area contributed by atoms with E-state index in [2.05, 4.69) is 10.3 Å². The van der Waals surface area contributed by atoms with Crippen LogP contribution in [-0.2, 0) is 16.0 Å². The summed E-state index contributed by atoms with van der Waals surface area (Å²) in [7, 11) is 0. The second-order valence-electron chi connectivity index (χ2n) is 5.75. The average molecular weight is 344 g/mol. The van der Waals surface area contributed by atoms with Crippen molar-refractivity contribution in [3.05, 3.63) is 59.4 Å². The van der Waals surface area contributed by atoms with Crippen LogP contribution in [-0.4, -0.2) is 29.9 Å². The fourth-order valence-corrected chi connectivity index (χ4v) is 2.97. The SMILES string of the molecule is O=C(NCCc1ccccn1)[C@@H]1CC(=O)N(c2cccc(Cl)c2)C1. The fourth-order valence-electron chi connectivity index (χ4n) is 2.78. The minimum Gasteiger partial charge on any atom is -0.355 e. The number of benzene rings is 1. The van der Waals surface area contributed by atoms with Crippen LogP contribution < -0.4 is 10.2 Å². The van der Waals surface area contributed by atoms with Crippen LogP contribution in [0.2, 0.25) is 5.02 Å². The molecule has 0 unspecified atom stereocenters. The zero-order valence-electron chi connectivity index (χ0n) is 13.1. The first kappa shape index (κ1) is 16.5. The molecule has 1 fully saturated rings. The van der Waals surface area contributed by atoms with Crippen molar-refractivity contribution >= 4 is 29.1 Å². The van der Waals surface area contributed by atoms with E-state index in [1.54, 1.807) is 29.3 Å². The topological polar surface area (TPSA) is 62.3 Å². The Kier molecular flexibility index (Phi) is 5.11. The summed E-state index contributed by atoms with van der Waals surface area (Å²) in [5, 5.41) is 3.47. The summed E-state index contributed by atoms with van der Waals surface area (Å²) in [6.45, 7) is 0.895. The first-order valence-electron chi connectivity index (χ1n) is 7.87. The van der Waals surface area contributed by atoms with E-state index in [0.717, 1.165) is 11.4 Å². The van der Waals surface area contributed by atoms with Crippen LogP contribution in [0.1, 0.15) is 12.1 Å². The van der Waals surface area contributed by atoms with Gasteiger partial charge < -0.3 is 10.2 Å². The minimum atomic E-state index is -0.333. The number of nitrogens with one attached hydrogen (secondary N) is 1. The summed E-state index contributed by atoms with van der Waals surface area (Å²) in [5.41, 5.74) is 1.66. The first-order chi connectivity index (χ1) is 11.6. The maximum atomic E-state index is 12.3. The van der Waals surface area contributed by atoms with Crippen molar-refractivity contribution < 1.29 is 9.59 Å². The quantitative estimate of drug-likeness (QED) is 0.907. The van der Waals surface area contributed by atoms with Crippen LogP contribution >= 0.6 is 11.6 Å². The van der Waals surface area contributed by atoms with E-state index in [4.69, 9.17) is 11.6 Å². The number of nitrogens with zero attached hydrogens (tertiary/aromatic N) is 2. The molecule has 0 spiro atoms. The summed E-state index contributed by atoms with van der Waals surface area (Å²) in [4.78, 5) is 30.3. The Hall–Kier alpha value is -2.40. The number of carbonyl (C=O) groups is 2. The fraction of sp³-hybridized carbons (Fsp3) is 0.278. The number of pyridine rings is 1. The van der Waals surface area contributed by atoms with Crippen molar-refractivity contribution in [3.63, 3.8) is 0 Å². The Morgan fingerprint density at radius 1 is 1.29 bits per heavy atom. The molecule has 0 saturated carbocycles. The molecule has 0 bridgehead atoms. The van der Waals surface area contributed by atoms with Crippen LogP contribution in [0, 0.1) is 5.92 Å². The number of hydrogen-bond acceptors (Lipinski definition) is 3. The molecule has 124 valence electrons. The molecule has 1 aliphatic heterocycles. The number of amides is 2. The molecule has 1 aliphatic rings. The van der Waals surface area contributed by atoms with Gasteiger partial charge >= 0.3 is 0 Å². The van der Waals surface area contributed by atoms with Crippen LogP contribution in [0.3, 0.4) is 0 Å². The normalized spacial score (nSPS) is 17.1. The van der Waals surface area contributed by atoms with E-state index in [9.17, 15) is 9.59 Å².